The molecule has 0 aromatic carbocycles. The second-order valence-electron chi connectivity index (χ2n) is 2.35. The maximum Gasteiger partial charge on any atom is 0.152 e. The zero-order valence-electron chi connectivity index (χ0n) is 6.22. The predicted octanol–water partition coefficient (Wildman–Crippen LogP) is 2.02. The number of aromatic carboxylic acids is 1. The van der Waals surface area contributed by atoms with E-state index in [2.05, 4.69) is 47.8 Å². The molecule has 0 aliphatic rings. The van der Waals surface area contributed by atoms with Gasteiger partial charge in [-0.05, 0) is 6.07 Å². The number of hydrogen-bond donors (Lipinski definition) is 0. The summed E-state index contributed by atoms with van der Waals surface area (Å²) in [6.07, 6.45) is 1.74. The number of carbonyl (C=O) groups excluding carboxylic acids is 1. The SMILES string of the molecule is O=C([O-])c1occc1CC(Br)(Br)Br. The fourth-order valence-corrected chi connectivity index (χ4v) is 1.78. The molecule has 0 radical (unpaired) electrons. The van der Waals surface area contributed by atoms with Crippen molar-refractivity contribution in [2.24, 2.45) is 0 Å². The van der Waals surface area contributed by atoms with Gasteiger partial charge in [0, 0.05) is 12.0 Å². The quantitative estimate of drug-likeness (QED) is 0.743. The van der Waals surface area contributed by atoms with Crippen LogP contribution in [0.15, 0.2) is 16.7 Å². The average molecular weight is 376 g/mol. The molecule has 1 aromatic rings. The number of carboxylic acids is 1. The van der Waals surface area contributed by atoms with E-state index in [9.17, 15) is 9.90 Å². The number of hydrogen-bond acceptors (Lipinski definition) is 3. The molecule has 0 unspecified atom stereocenters. The van der Waals surface area contributed by atoms with Gasteiger partial charge < -0.3 is 14.3 Å². The fourth-order valence-electron chi connectivity index (χ4n) is 0.870. The van der Waals surface area contributed by atoms with E-state index >= 15 is 0 Å². The van der Waals surface area contributed by atoms with E-state index in [0.29, 0.717) is 12.0 Å². The average Bonchev–Trinajstić information content (AvgIpc) is 2.31. The van der Waals surface area contributed by atoms with E-state index in [1.54, 1.807) is 6.07 Å². The zero-order valence-corrected chi connectivity index (χ0v) is 11.0. The molecule has 0 saturated carbocycles. The van der Waals surface area contributed by atoms with Crippen LogP contribution in [0.2, 0.25) is 0 Å². The Morgan fingerprint density at radius 1 is 1.54 bits per heavy atom. The maximum atomic E-state index is 10.5. The lowest BCUT2D eigenvalue weighted by Gasteiger charge is -2.11. The molecule has 0 fully saturated rings. The molecule has 0 saturated heterocycles. The van der Waals surface area contributed by atoms with Crippen LogP contribution >= 0.6 is 47.8 Å². The minimum absolute atomic E-state index is 0.136. The Balaban J connectivity index is 2.89. The summed E-state index contributed by atoms with van der Waals surface area (Å²) in [4.78, 5) is 10.5. The normalized spacial score (nSPS) is 11.6. The maximum absolute atomic E-state index is 10.5. The van der Waals surface area contributed by atoms with Gasteiger partial charge in [-0.25, -0.2) is 0 Å². The number of carboxylic acid groups (broad SMARTS) is 1. The highest BCUT2D eigenvalue weighted by Crippen LogP contribution is 2.37. The van der Waals surface area contributed by atoms with Crippen LogP contribution < -0.4 is 5.11 Å². The lowest BCUT2D eigenvalue weighted by atomic mass is 10.2. The third-order valence-corrected chi connectivity index (χ3v) is 2.16. The van der Waals surface area contributed by atoms with Crippen molar-refractivity contribution in [3.63, 3.8) is 0 Å². The van der Waals surface area contributed by atoms with Crippen LogP contribution in [0.5, 0.6) is 0 Å². The third kappa shape index (κ3) is 3.44. The zero-order chi connectivity index (χ0) is 10.1. The summed E-state index contributed by atoms with van der Waals surface area (Å²) in [5.41, 5.74) is 0.561. The Hall–Kier alpha value is 0.190. The number of alkyl halides is 3. The largest absolute Gasteiger partial charge is 0.542 e. The Bertz CT molecular complexity index is 313. The summed E-state index contributed by atoms with van der Waals surface area (Å²) >= 11 is 9.78. The molecule has 0 spiro atoms. The molecular formula is C7H4Br3O3-. The second-order valence-corrected chi connectivity index (χ2v) is 9.61. The predicted molar refractivity (Wildman–Crippen MR) is 56.3 cm³/mol. The van der Waals surface area contributed by atoms with Crippen molar-refractivity contribution in [3.8, 4) is 0 Å². The number of rotatable bonds is 2. The molecular weight excluding hydrogens is 372 g/mol. The smallest absolute Gasteiger partial charge is 0.152 e. The van der Waals surface area contributed by atoms with Crippen molar-refractivity contribution < 1.29 is 14.3 Å². The second kappa shape index (κ2) is 4.14. The van der Waals surface area contributed by atoms with Crippen LogP contribution in [0.1, 0.15) is 16.1 Å². The monoisotopic (exact) mass is 373 g/mol. The standard InChI is InChI=1S/C7H5Br3O3/c8-7(9,10)3-4-1-2-13-5(4)6(11)12/h1-2H,3H2,(H,11,12)/p-1. The van der Waals surface area contributed by atoms with E-state index < -0.39 is 8.11 Å². The Morgan fingerprint density at radius 3 is 2.62 bits per heavy atom. The highest BCUT2D eigenvalue weighted by molar-refractivity contribution is 9.39. The minimum atomic E-state index is -1.31. The summed E-state index contributed by atoms with van der Waals surface area (Å²) in [6, 6.07) is 1.59. The number of halogens is 3. The molecule has 6 heteroatoms. The summed E-state index contributed by atoms with van der Waals surface area (Å²) in [7, 11) is 0. The van der Waals surface area contributed by atoms with E-state index in [-0.39, 0.29) is 5.76 Å². The van der Waals surface area contributed by atoms with Crippen molar-refractivity contribution in [2.75, 3.05) is 0 Å². The van der Waals surface area contributed by atoms with Gasteiger partial charge in [0.1, 0.15) is 8.11 Å². The first-order valence-corrected chi connectivity index (χ1v) is 5.62. The molecule has 13 heavy (non-hydrogen) atoms. The molecule has 0 amide bonds. The van der Waals surface area contributed by atoms with E-state index in [1.165, 1.54) is 6.26 Å². The summed E-state index contributed by atoms with van der Waals surface area (Å²) in [5, 5.41) is 10.5. The number of furan rings is 1. The van der Waals surface area contributed by atoms with Crippen LogP contribution in [-0.4, -0.2) is 8.11 Å². The van der Waals surface area contributed by atoms with Gasteiger partial charge in [-0.2, -0.15) is 0 Å². The molecule has 1 heterocycles. The van der Waals surface area contributed by atoms with Crippen molar-refractivity contribution in [2.45, 2.75) is 8.56 Å². The Morgan fingerprint density at radius 2 is 2.15 bits per heavy atom. The topological polar surface area (TPSA) is 53.3 Å². The molecule has 0 bridgehead atoms. The van der Waals surface area contributed by atoms with Gasteiger partial charge in [0.25, 0.3) is 0 Å². The molecule has 0 atom stereocenters. The van der Waals surface area contributed by atoms with Crippen LogP contribution in [0.3, 0.4) is 0 Å². The Kier molecular flexibility index (Phi) is 3.59. The van der Waals surface area contributed by atoms with Crippen molar-refractivity contribution in [1.29, 1.82) is 0 Å². The first kappa shape index (κ1) is 11.3. The van der Waals surface area contributed by atoms with E-state index in [1.807, 2.05) is 0 Å². The molecule has 1 aromatic heterocycles. The van der Waals surface area contributed by atoms with E-state index in [0.717, 1.165) is 0 Å². The van der Waals surface area contributed by atoms with Gasteiger partial charge >= 0.3 is 0 Å². The van der Waals surface area contributed by atoms with Gasteiger partial charge in [-0.15, -0.1) is 0 Å². The Labute approximate surface area is 99.9 Å². The lowest BCUT2D eigenvalue weighted by molar-refractivity contribution is -0.257. The van der Waals surface area contributed by atoms with Gasteiger partial charge in [-0.3, -0.25) is 0 Å². The highest BCUT2D eigenvalue weighted by atomic mass is 80.0. The molecule has 3 nitrogen and oxygen atoms in total. The molecule has 0 N–H and O–H groups in total. The van der Waals surface area contributed by atoms with Crippen LogP contribution in [0.25, 0.3) is 0 Å². The van der Waals surface area contributed by atoms with E-state index in [4.69, 9.17) is 4.42 Å². The lowest BCUT2D eigenvalue weighted by Crippen LogP contribution is -2.23. The minimum Gasteiger partial charge on any atom is -0.542 e. The first-order valence-electron chi connectivity index (χ1n) is 3.24. The molecule has 1 rings (SSSR count). The molecule has 0 aliphatic carbocycles. The van der Waals surface area contributed by atoms with Crippen LogP contribution in [0.4, 0.5) is 0 Å². The summed E-state index contributed by atoms with van der Waals surface area (Å²) in [6.45, 7) is 0. The first-order chi connectivity index (χ1) is 5.90. The van der Waals surface area contributed by atoms with Crippen molar-refractivity contribution in [1.82, 2.24) is 0 Å². The molecule has 0 aliphatic heterocycles. The van der Waals surface area contributed by atoms with Crippen molar-refractivity contribution >= 4 is 53.8 Å². The third-order valence-electron chi connectivity index (χ3n) is 1.32. The molecule has 72 valence electrons. The van der Waals surface area contributed by atoms with Gasteiger partial charge in [0.05, 0.1) is 6.26 Å². The van der Waals surface area contributed by atoms with Gasteiger partial charge in [0.2, 0.25) is 0 Å². The van der Waals surface area contributed by atoms with Crippen LogP contribution in [-0.2, 0) is 6.42 Å². The highest BCUT2D eigenvalue weighted by Gasteiger charge is 2.21. The fraction of sp³-hybridized carbons (Fsp3) is 0.286. The van der Waals surface area contributed by atoms with Crippen molar-refractivity contribution in [3.05, 3.63) is 23.7 Å². The summed E-state index contributed by atoms with van der Waals surface area (Å²) in [5.74, 6) is -1.44. The van der Waals surface area contributed by atoms with Crippen LogP contribution in [0, 0.1) is 0 Å². The van der Waals surface area contributed by atoms with Gasteiger partial charge in [-0.1, -0.05) is 47.8 Å². The summed E-state index contributed by atoms with van der Waals surface area (Å²) < 4.78 is 4.23. The number of carbonyl (C=O) groups is 1. The van der Waals surface area contributed by atoms with Gasteiger partial charge in [0.15, 0.2) is 5.76 Å².